The van der Waals surface area contributed by atoms with E-state index in [1.54, 1.807) is 11.3 Å². The Morgan fingerprint density at radius 2 is 2.29 bits per heavy atom. The highest BCUT2D eigenvalue weighted by Crippen LogP contribution is 2.52. The molecule has 0 spiro atoms. The van der Waals surface area contributed by atoms with Crippen molar-refractivity contribution < 1.29 is 4.74 Å². The van der Waals surface area contributed by atoms with Gasteiger partial charge in [0.15, 0.2) is 5.96 Å². The van der Waals surface area contributed by atoms with Crippen LogP contribution in [-0.2, 0) is 11.3 Å². The molecule has 3 unspecified atom stereocenters. The minimum absolute atomic E-state index is 0.156. The molecular formula is C18H30N4OS. The molecule has 0 radical (unpaired) electrons. The van der Waals surface area contributed by atoms with E-state index < -0.39 is 0 Å². The van der Waals surface area contributed by atoms with Gasteiger partial charge in [0.1, 0.15) is 5.01 Å². The third-order valence-electron chi connectivity index (χ3n) is 5.27. The molecule has 134 valence electrons. The summed E-state index contributed by atoms with van der Waals surface area (Å²) in [5.41, 5.74) is 1.32. The van der Waals surface area contributed by atoms with Crippen molar-refractivity contribution in [3.05, 3.63) is 16.1 Å². The van der Waals surface area contributed by atoms with Crippen LogP contribution in [0, 0.1) is 11.3 Å². The fourth-order valence-corrected chi connectivity index (χ4v) is 4.77. The average molecular weight is 351 g/mol. The first-order chi connectivity index (χ1) is 11.4. The number of thiazole rings is 1. The fraction of sp³-hybridized carbons (Fsp3) is 0.778. The summed E-state index contributed by atoms with van der Waals surface area (Å²) in [5.74, 6) is 1.97. The Bertz CT molecular complexity index is 596. The van der Waals surface area contributed by atoms with Crippen LogP contribution in [0.4, 0.5) is 0 Å². The zero-order valence-electron chi connectivity index (χ0n) is 15.4. The number of nitrogens with zero attached hydrogens (tertiary/aromatic N) is 2. The van der Waals surface area contributed by atoms with Crippen molar-refractivity contribution in [1.82, 2.24) is 15.6 Å². The van der Waals surface area contributed by atoms with Gasteiger partial charge in [-0.05, 0) is 19.3 Å². The van der Waals surface area contributed by atoms with Gasteiger partial charge in [-0.2, -0.15) is 0 Å². The molecule has 1 saturated heterocycles. The molecule has 3 atom stereocenters. The van der Waals surface area contributed by atoms with E-state index >= 15 is 0 Å². The van der Waals surface area contributed by atoms with Crippen LogP contribution < -0.4 is 10.6 Å². The topological polar surface area (TPSA) is 58.5 Å². The Balaban J connectivity index is 1.65. The molecule has 2 heterocycles. The first-order valence-corrected chi connectivity index (χ1v) is 9.92. The highest BCUT2D eigenvalue weighted by atomic mass is 32.1. The number of hydrogen-bond acceptors (Lipinski definition) is 4. The van der Waals surface area contributed by atoms with E-state index in [9.17, 15) is 0 Å². The van der Waals surface area contributed by atoms with Gasteiger partial charge in [0.05, 0.1) is 18.3 Å². The Labute approximate surface area is 149 Å². The van der Waals surface area contributed by atoms with E-state index in [4.69, 9.17) is 9.73 Å². The SMILES string of the molecule is CCNC(=NCc1nc(C(C)C)cs1)NC1C2CCOC2C1(C)C. The average Bonchev–Trinajstić information content (AvgIpc) is 3.17. The number of aromatic nitrogens is 1. The number of rotatable bonds is 5. The summed E-state index contributed by atoms with van der Waals surface area (Å²) in [5, 5.41) is 10.2. The van der Waals surface area contributed by atoms with Crippen molar-refractivity contribution >= 4 is 17.3 Å². The van der Waals surface area contributed by atoms with E-state index in [1.165, 1.54) is 0 Å². The second-order valence-corrected chi connectivity index (χ2v) is 8.65. The Morgan fingerprint density at radius 1 is 1.50 bits per heavy atom. The van der Waals surface area contributed by atoms with Crippen molar-refractivity contribution in [2.24, 2.45) is 16.3 Å². The summed E-state index contributed by atoms with van der Waals surface area (Å²) >= 11 is 1.70. The van der Waals surface area contributed by atoms with E-state index in [0.29, 0.717) is 30.5 Å². The van der Waals surface area contributed by atoms with Crippen LogP contribution in [0.25, 0.3) is 0 Å². The van der Waals surface area contributed by atoms with Gasteiger partial charge in [-0.25, -0.2) is 9.98 Å². The van der Waals surface area contributed by atoms with Gasteiger partial charge < -0.3 is 15.4 Å². The monoisotopic (exact) mass is 350 g/mol. The molecule has 2 aliphatic rings. The lowest BCUT2D eigenvalue weighted by Crippen LogP contribution is -2.67. The van der Waals surface area contributed by atoms with Crippen LogP contribution in [0.1, 0.15) is 57.7 Å². The lowest BCUT2D eigenvalue weighted by atomic mass is 9.57. The number of nitrogens with one attached hydrogen (secondary N) is 2. The third-order valence-corrected chi connectivity index (χ3v) is 6.12. The molecule has 5 nitrogen and oxygen atoms in total. The number of aliphatic imine (C=N–C) groups is 1. The van der Waals surface area contributed by atoms with Crippen molar-refractivity contribution in [2.75, 3.05) is 13.2 Å². The van der Waals surface area contributed by atoms with Crippen molar-refractivity contribution in [3.63, 3.8) is 0 Å². The van der Waals surface area contributed by atoms with Gasteiger partial charge >= 0.3 is 0 Å². The van der Waals surface area contributed by atoms with Gasteiger partial charge in [-0.15, -0.1) is 11.3 Å². The van der Waals surface area contributed by atoms with E-state index in [-0.39, 0.29) is 5.41 Å². The van der Waals surface area contributed by atoms with Crippen molar-refractivity contribution in [3.8, 4) is 0 Å². The first kappa shape index (κ1) is 17.7. The zero-order valence-corrected chi connectivity index (χ0v) is 16.2. The van der Waals surface area contributed by atoms with Crippen LogP contribution in [0.2, 0.25) is 0 Å². The second kappa shape index (κ2) is 7.00. The maximum atomic E-state index is 5.88. The molecular weight excluding hydrogens is 320 g/mol. The van der Waals surface area contributed by atoms with Gasteiger partial charge in [0.25, 0.3) is 0 Å². The summed E-state index contributed by atoms with van der Waals surface area (Å²) in [7, 11) is 0. The van der Waals surface area contributed by atoms with Crippen LogP contribution >= 0.6 is 11.3 Å². The summed E-state index contributed by atoms with van der Waals surface area (Å²) in [6, 6.07) is 0.422. The number of guanidine groups is 1. The molecule has 1 aromatic rings. The maximum Gasteiger partial charge on any atom is 0.191 e. The Hall–Kier alpha value is -1.14. The molecule has 1 aliphatic heterocycles. The molecule has 6 heteroatoms. The predicted octanol–water partition coefficient (Wildman–Crippen LogP) is 3.14. The van der Waals surface area contributed by atoms with E-state index in [2.05, 4.69) is 55.6 Å². The zero-order chi connectivity index (χ0) is 17.3. The smallest absolute Gasteiger partial charge is 0.191 e. The minimum atomic E-state index is 0.156. The molecule has 24 heavy (non-hydrogen) atoms. The van der Waals surface area contributed by atoms with Crippen LogP contribution in [0.5, 0.6) is 0 Å². The normalized spacial score (nSPS) is 28.6. The highest BCUT2D eigenvalue weighted by molar-refractivity contribution is 7.09. The van der Waals surface area contributed by atoms with Crippen molar-refractivity contribution in [2.45, 2.75) is 65.6 Å². The second-order valence-electron chi connectivity index (χ2n) is 7.70. The van der Waals surface area contributed by atoms with Crippen molar-refractivity contribution in [1.29, 1.82) is 0 Å². The fourth-order valence-electron chi connectivity index (χ4n) is 3.89. The standard InChI is InChI=1S/C18H30N4OS/c1-6-19-17(20-9-14-21-13(10-24-14)11(2)3)22-15-12-7-8-23-16(12)18(15,4)5/h10-12,15-16H,6-9H2,1-5H3,(H2,19,20,22). The quantitative estimate of drug-likeness (QED) is 0.633. The van der Waals surface area contributed by atoms with E-state index in [1.807, 2.05) is 0 Å². The molecule has 0 amide bonds. The van der Waals surface area contributed by atoms with Gasteiger partial charge in [0, 0.05) is 35.9 Å². The lowest BCUT2D eigenvalue weighted by Gasteiger charge is -2.54. The van der Waals surface area contributed by atoms with Crippen LogP contribution in [-0.4, -0.2) is 36.2 Å². The highest BCUT2D eigenvalue weighted by Gasteiger charge is 2.59. The summed E-state index contributed by atoms with van der Waals surface area (Å²) in [6.45, 7) is 13.4. The Kier molecular flexibility index (Phi) is 5.16. The lowest BCUT2D eigenvalue weighted by molar-refractivity contribution is -0.106. The first-order valence-electron chi connectivity index (χ1n) is 9.04. The largest absolute Gasteiger partial charge is 0.377 e. The summed E-state index contributed by atoms with van der Waals surface area (Å²) in [4.78, 5) is 9.43. The Morgan fingerprint density at radius 3 is 2.96 bits per heavy atom. The van der Waals surface area contributed by atoms with Gasteiger partial charge in [0.2, 0.25) is 0 Å². The maximum absolute atomic E-state index is 5.88. The molecule has 2 N–H and O–H groups in total. The molecule has 1 aliphatic carbocycles. The predicted molar refractivity (Wildman–Crippen MR) is 99.6 cm³/mol. The number of fused-ring (bicyclic) bond motifs is 1. The molecule has 0 bridgehead atoms. The van der Waals surface area contributed by atoms with Gasteiger partial charge in [-0.1, -0.05) is 27.7 Å². The van der Waals surface area contributed by atoms with Crippen LogP contribution in [0.3, 0.4) is 0 Å². The molecule has 3 rings (SSSR count). The number of ether oxygens (including phenoxy) is 1. The minimum Gasteiger partial charge on any atom is -0.377 e. The number of hydrogen-bond donors (Lipinski definition) is 2. The van der Waals surface area contributed by atoms with Crippen LogP contribution in [0.15, 0.2) is 10.4 Å². The van der Waals surface area contributed by atoms with Gasteiger partial charge in [-0.3, -0.25) is 0 Å². The summed E-state index contributed by atoms with van der Waals surface area (Å²) in [6.07, 6.45) is 1.54. The molecule has 0 aromatic carbocycles. The summed E-state index contributed by atoms with van der Waals surface area (Å²) < 4.78 is 5.88. The molecule has 1 saturated carbocycles. The molecule has 1 aromatic heterocycles. The van der Waals surface area contributed by atoms with E-state index in [0.717, 1.165) is 36.2 Å². The molecule has 2 fully saturated rings. The third kappa shape index (κ3) is 3.31.